The van der Waals surface area contributed by atoms with Crippen LogP contribution in [-0.4, -0.2) is 59.8 Å². The second-order valence-electron chi connectivity index (χ2n) is 9.40. The lowest BCUT2D eigenvalue weighted by atomic mass is 9.50. The van der Waals surface area contributed by atoms with Crippen LogP contribution in [0.15, 0.2) is 58.2 Å². The Kier molecular flexibility index (Phi) is 9.45. The molecule has 2 rings (SSSR count). The third kappa shape index (κ3) is 7.59. The van der Waals surface area contributed by atoms with Gasteiger partial charge in [-0.15, -0.1) is 0 Å². The van der Waals surface area contributed by atoms with Crippen molar-refractivity contribution < 1.29 is 5.11 Å². The molecule has 1 aliphatic rings. The monoisotopic (exact) mass is 448 g/mol. The van der Waals surface area contributed by atoms with Gasteiger partial charge in [0, 0.05) is 37.2 Å². The molecule has 0 saturated carbocycles. The second-order valence-corrected chi connectivity index (χ2v) is 9.40. The first kappa shape index (κ1) is 26.4. The normalized spacial score (nSPS) is 15.5. The zero-order valence-electron chi connectivity index (χ0n) is 20.8. The van der Waals surface area contributed by atoms with E-state index in [-0.39, 0.29) is 12.8 Å². The highest BCUT2D eigenvalue weighted by atomic mass is 16.3. The van der Waals surface area contributed by atoms with Gasteiger partial charge in [-0.25, -0.2) is 25.7 Å². The zero-order valence-corrected chi connectivity index (χ0v) is 20.8. The number of nitriles is 1. The van der Waals surface area contributed by atoms with Gasteiger partial charge in [-0.05, 0) is 27.2 Å². The Morgan fingerprint density at radius 3 is 2.58 bits per heavy atom. The number of hydrazine groups is 1. The standard InChI is InChI=1S/C25H37BN6O/c1-19(13-11-12-16-26(5)17-27)30-32-20(2)22(25(3,4)33)23(21-14-9-8-10-15-21)29-24(32)28-18-31(6)7/h8-10,14-15,18-19,30,33H,2,11-13,16H2,1,3-7H3/b28-18+. The number of nitrogens with one attached hydrogen (secondary N) is 1. The number of unbranched alkanes of at least 4 members (excludes halogenated alkanes) is 1. The highest BCUT2D eigenvalue weighted by Crippen LogP contribution is 2.37. The molecule has 1 atom stereocenters. The Labute approximate surface area is 199 Å². The van der Waals surface area contributed by atoms with Crippen LogP contribution in [0, 0.1) is 11.2 Å². The Balaban J connectivity index is 2.35. The Bertz CT molecular complexity index is 940. The molecular formula is C25H37BN6O. The Morgan fingerprint density at radius 1 is 1.33 bits per heavy atom. The van der Waals surface area contributed by atoms with Crippen LogP contribution < -0.4 is 5.43 Å². The van der Waals surface area contributed by atoms with E-state index in [4.69, 9.17) is 10.3 Å². The number of aliphatic imine (C=N–C) groups is 2. The van der Waals surface area contributed by atoms with Crippen LogP contribution in [0.3, 0.4) is 0 Å². The van der Waals surface area contributed by atoms with Crippen LogP contribution in [-0.2, 0) is 0 Å². The molecule has 33 heavy (non-hydrogen) atoms. The first-order chi connectivity index (χ1) is 15.5. The van der Waals surface area contributed by atoms with Gasteiger partial charge in [0.15, 0.2) is 0 Å². The van der Waals surface area contributed by atoms with Crippen molar-refractivity contribution in [2.45, 2.75) is 64.8 Å². The predicted molar refractivity (Wildman–Crippen MR) is 139 cm³/mol. The first-order valence-electron chi connectivity index (χ1n) is 11.5. The summed E-state index contributed by atoms with van der Waals surface area (Å²) in [6, 6.07) is 9.92. The van der Waals surface area contributed by atoms with E-state index >= 15 is 0 Å². The number of rotatable bonds is 10. The fourth-order valence-corrected chi connectivity index (χ4v) is 3.66. The lowest BCUT2D eigenvalue weighted by Crippen LogP contribution is -2.49. The maximum Gasteiger partial charge on any atom is 0.264 e. The molecule has 2 N–H and O–H groups in total. The van der Waals surface area contributed by atoms with Crippen LogP contribution >= 0.6 is 0 Å². The smallest absolute Gasteiger partial charge is 0.264 e. The van der Waals surface area contributed by atoms with Crippen molar-refractivity contribution in [1.29, 1.82) is 5.26 Å². The van der Waals surface area contributed by atoms with E-state index < -0.39 is 5.60 Å². The molecule has 0 saturated heterocycles. The van der Waals surface area contributed by atoms with E-state index in [2.05, 4.69) is 29.9 Å². The molecule has 1 heterocycles. The third-order valence-corrected chi connectivity index (χ3v) is 5.36. The number of hydrogen-bond acceptors (Lipinski definition) is 6. The summed E-state index contributed by atoms with van der Waals surface area (Å²) in [6.45, 7) is 12.0. The molecule has 1 aromatic carbocycles. The van der Waals surface area contributed by atoms with Crippen molar-refractivity contribution in [3.63, 3.8) is 0 Å². The molecule has 0 aromatic heterocycles. The average Bonchev–Trinajstić information content (AvgIpc) is 2.76. The highest BCUT2D eigenvalue weighted by molar-refractivity contribution is 6.65. The van der Waals surface area contributed by atoms with Crippen LogP contribution in [0.25, 0.3) is 5.70 Å². The summed E-state index contributed by atoms with van der Waals surface area (Å²) in [4.78, 5) is 11.3. The molecular weight excluding hydrogens is 411 g/mol. The van der Waals surface area contributed by atoms with Gasteiger partial charge in [-0.3, -0.25) is 0 Å². The Hall–Kier alpha value is -2.89. The number of aliphatic hydroxyl groups is 1. The van der Waals surface area contributed by atoms with E-state index in [9.17, 15) is 5.11 Å². The summed E-state index contributed by atoms with van der Waals surface area (Å²) >= 11 is 0. The van der Waals surface area contributed by atoms with Gasteiger partial charge in [0.2, 0.25) is 5.96 Å². The molecule has 1 aliphatic heterocycles. The first-order valence-corrected chi connectivity index (χ1v) is 11.5. The zero-order chi connectivity index (χ0) is 24.6. The van der Waals surface area contributed by atoms with Crippen LogP contribution in [0.5, 0.6) is 0 Å². The van der Waals surface area contributed by atoms with Gasteiger partial charge in [0.05, 0.1) is 23.3 Å². The molecule has 8 heteroatoms. The van der Waals surface area contributed by atoms with Crippen molar-refractivity contribution in [2.75, 3.05) is 14.1 Å². The summed E-state index contributed by atoms with van der Waals surface area (Å²) in [5.74, 6) is 2.75. The third-order valence-electron chi connectivity index (χ3n) is 5.36. The molecule has 0 spiro atoms. The largest absolute Gasteiger partial charge is 0.386 e. The molecule has 1 aromatic rings. The van der Waals surface area contributed by atoms with Gasteiger partial charge < -0.3 is 10.0 Å². The minimum Gasteiger partial charge on any atom is -0.386 e. The maximum atomic E-state index is 11.0. The molecule has 7 nitrogen and oxygen atoms in total. The topological polar surface area (TPSA) is 87.2 Å². The van der Waals surface area contributed by atoms with Crippen LogP contribution in [0.4, 0.5) is 0 Å². The molecule has 0 aliphatic carbocycles. The minimum atomic E-state index is -1.15. The quantitative estimate of drug-likeness (QED) is 0.243. The summed E-state index contributed by atoms with van der Waals surface area (Å²) in [5, 5.41) is 21.8. The van der Waals surface area contributed by atoms with Crippen LogP contribution in [0.2, 0.25) is 13.1 Å². The number of hydrogen-bond donors (Lipinski definition) is 2. The molecule has 1 unspecified atom stereocenters. The average molecular weight is 448 g/mol. The lowest BCUT2D eigenvalue weighted by Gasteiger charge is -2.38. The molecule has 0 amide bonds. The molecule has 176 valence electrons. The van der Waals surface area contributed by atoms with E-state index in [0.717, 1.165) is 31.1 Å². The van der Waals surface area contributed by atoms with Crippen LogP contribution in [0.1, 0.15) is 45.6 Å². The maximum absolute atomic E-state index is 11.0. The van der Waals surface area contributed by atoms with Crippen molar-refractivity contribution in [3.8, 4) is 5.97 Å². The number of guanidine groups is 1. The van der Waals surface area contributed by atoms with Crippen molar-refractivity contribution in [1.82, 2.24) is 15.3 Å². The van der Waals surface area contributed by atoms with E-state index in [1.165, 1.54) is 0 Å². The molecule has 0 fully saturated rings. The number of benzene rings is 1. The van der Waals surface area contributed by atoms with Crippen molar-refractivity contribution in [2.24, 2.45) is 9.98 Å². The second kappa shape index (κ2) is 11.8. The van der Waals surface area contributed by atoms with Crippen molar-refractivity contribution in [3.05, 3.63) is 53.7 Å². The fourth-order valence-electron chi connectivity index (χ4n) is 3.66. The van der Waals surface area contributed by atoms with Gasteiger partial charge in [0.1, 0.15) is 0 Å². The highest BCUT2D eigenvalue weighted by Gasteiger charge is 2.35. The van der Waals surface area contributed by atoms with Gasteiger partial charge in [-0.1, -0.05) is 62.9 Å². The van der Waals surface area contributed by atoms with Gasteiger partial charge in [-0.2, -0.15) is 0 Å². The summed E-state index contributed by atoms with van der Waals surface area (Å²) < 4.78 is 0. The number of nitrogens with zero attached hydrogens (tertiary/aromatic N) is 5. The van der Waals surface area contributed by atoms with Crippen molar-refractivity contribution >= 4 is 24.7 Å². The lowest BCUT2D eigenvalue weighted by molar-refractivity contribution is 0.117. The molecule has 0 bridgehead atoms. The predicted octanol–water partition coefficient (Wildman–Crippen LogP) is 4.19. The summed E-state index contributed by atoms with van der Waals surface area (Å²) in [7, 11) is 3.81. The summed E-state index contributed by atoms with van der Waals surface area (Å²) in [5.41, 5.74) is 5.15. The van der Waals surface area contributed by atoms with Gasteiger partial charge in [0.25, 0.3) is 6.71 Å². The van der Waals surface area contributed by atoms with E-state index in [1.54, 1.807) is 25.2 Å². The van der Waals surface area contributed by atoms with E-state index in [0.29, 0.717) is 22.9 Å². The minimum absolute atomic E-state index is 0.0881. The summed E-state index contributed by atoms with van der Waals surface area (Å²) in [6.07, 6.45) is 5.56. The molecule has 0 radical (unpaired) electrons. The fraction of sp³-hybridized carbons (Fsp3) is 0.480. The SMILES string of the molecule is C=C1C(C(C)(C)O)=C(c2ccccc2)N=C(/N=C/N(C)C)N1NC(C)CCCCB(C)C#N. The Morgan fingerprint density at radius 2 is 2.00 bits per heavy atom. The van der Waals surface area contributed by atoms with E-state index in [1.807, 2.05) is 56.2 Å². The van der Waals surface area contributed by atoms with Gasteiger partial charge >= 0.3 is 0 Å².